The molecule has 2 aliphatic rings. The van der Waals surface area contributed by atoms with Crippen molar-refractivity contribution in [2.75, 3.05) is 6.26 Å². The van der Waals surface area contributed by atoms with Crippen LogP contribution in [0.1, 0.15) is 13.3 Å². The molecule has 1 unspecified atom stereocenters. The number of carboxylic acids is 1. The Labute approximate surface area is 124 Å². The van der Waals surface area contributed by atoms with Gasteiger partial charge in [0.15, 0.2) is 11.5 Å². The predicted octanol–water partition coefficient (Wildman–Crippen LogP) is -0.974. The van der Waals surface area contributed by atoms with E-state index >= 15 is 0 Å². The van der Waals surface area contributed by atoms with Crippen molar-refractivity contribution >= 4 is 39.7 Å². The molecular weight excluding hydrogens is 324 g/mol. The van der Waals surface area contributed by atoms with Gasteiger partial charge >= 0.3 is 16.1 Å². The third-order valence-corrected chi connectivity index (χ3v) is 4.47. The van der Waals surface area contributed by atoms with Gasteiger partial charge in [-0.05, 0) is 0 Å². The Morgan fingerprint density at radius 2 is 2.10 bits per heavy atom. The first-order valence-electron chi connectivity index (χ1n) is 5.71. The summed E-state index contributed by atoms with van der Waals surface area (Å²) in [7, 11) is -4.02. The number of hydrogen-bond acceptors (Lipinski definition) is 7. The highest BCUT2D eigenvalue weighted by Gasteiger charge is 2.50. The fourth-order valence-electron chi connectivity index (χ4n) is 1.97. The number of hydrogen-bond donors (Lipinski definition) is 2. The summed E-state index contributed by atoms with van der Waals surface area (Å²) in [4.78, 5) is 35.1. The summed E-state index contributed by atoms with van der Waals surface area (Å²) in [6.07, 6.45) is 0.864. The maximum absolute atomic E-state index is 11.5. The van der Waals surface area contributed by atoms with Crippen molar-refractivity contribution in [2.45, 2.75) is 24.1 Å². The van der Waals surface area contributed by atoms with Gasteiger partial charge in [-0.1, -0.05) is 0 Å². The van der Waals surface area contributed by atoms with Crippen LogP contribution in [0.25, 0.3) is 0 Å². The van der Waals surface area contributed by atoms with Gasteiger partial charge in [0.25, 0.3) is 0 Å². The Balaban J connectivity index is 2.51. The molecule has 0 saturated carbocycles. The summed E-state index contributed by atoms with van der Waals surface area (Å²) >= 11 is 1.05. The molecule has 0 bridgehead atoms. The fourth-order valence-corrected chi connectivity index (χ4v) is 3.94. The van der Waals surface area contributed by atoms with Gasteiger partial charge in [0.2, 0.25) is 11.8 Å². The quantitative estimate of drug-likeness (QED) is 0.495. The Bertz CT molecular complexity index is 654. The lowest BCUT2D eigenvalue weighted by molar-refractivity contribution is -0.146. The average Bonchev–Trinajstić information content (AvgIpc) is 2.28. The van der Waals surface area contributed by atoms with E-state index in [2.05, 4.69) is 5.32 Å². The largest absolute Gasteiger partial charge is 0.476 e. The minimum Gasteiger partial charge on any atom is -0.476 e. The molecule has 2 rings (SSSR count). The van der Waals surface area contributed by atoms with E-state index in [1.807, 2.05) is 0 Å². The van der Waals surface area contributed by atoms with Crippen molar-refractivity contribution < 1.29 is 32.1 Å². The van der Waals surface area contributed by atoms with Crippen LogP contribution in [0, 0.1) is 0 Å². The molecule has 2 amide bonds. The summed E-state index contributed by atoms with van der Waals surface area (Å²) in [6.45, 7) is 1.21. The van der Waals surface area contributed by atoms with Gasteiger partial charge < -0.3 is 14.6 Å². The van der Waals surface area contributed by atoms with E-state index in [0.717, 1.165) is 22.9 Å². The lowest BCUT2D eigenvalue weighted by atomic mass is 10.1. The van der Waals surface area contributed by atoms with Crippen LogP contribution in [-0.2, 0) is 28.7 Å². The molecule has 0 aromatic heterocycles. The third-order valence-electron chi connectivity index (χ3n) is 2.69. The number of carbonyl (C=O) groups excluding carboxylic acids is 2. The summed E-state index contributed by atoms with van der Waals surface area (Å²) in [5.74, 6) is -2.90. The van der Waals surface area contributed by atoms with Crippen molar-refractivity contribution in [3.63, 3.8) is 0 Å². The molecule has 2 atom stereocenters. The second kappa shape index (κ2) is 5.22. The first kappa shape index (κ1) is 15.6. The van der Waals surface area contributed by atoms with Gasteiger partial charge in [-0.2, -0.15) is 8.42 Å². The molecule has 2 aliphatic heterocycles. The third kappa shape index (κ3) is 3.13. The van der Waals surface area contributed by atoms with Crippen LogP contribution in [0.15, 0.2) is 11.5 Å². The second-order valence-corrected chi connectivity index (χ2v) is 7.31. The molecule has 9 nitrogen and oxygen atoms in total. The number of carboxylic acid groups (broad SMARTS) is 1. The average molecular weight is 336 g/mol. The highest BCUT2D eigenvalue weighted by atomic mass is 32.2. The summed E-state index contributed by atoms with van der Waals surface area (Å²) in [5.41, 5.74) is -0.556. The molecule has 21 heavy (non-hydrogen) atoms. The van der Waals surface area contributed by atoms with E-state index in [4.69, 9.17) is 4.18 Å². The van der Waals surface area contributed by atoms with Crippen LogP contribution in [0.5, 0.6) is 0 Å². The normalized spacial score (nSPS) is 25.0. The zero-order chi connectivity index (χ0) is 15.9. The number of carbonyl (C=O) groups is 3. The van der Waals surface area contributed by atoms with Crippen LogP contribution in [-0.4, -0.2) is 53.2 Å². The number of amides is 2. The Hall–Kier alpha value is -1.75. The topological polar surface area (TPSA) is 130 Å². The summed E-state index contributed by atoms with van der Waals surface area (Å²) in [5, 5.41) is 10.2. The number of rotatable bonds is 4. The monoisotopic (exact) mass is 336 g/mol. The molecule has 2 heterocycles. The lowest BCUT2D eigenvalue weighted by Gasteiger charge is -2.45. The standard InChI is InChI=1S/C10H12N2O7S2/c1-4(13)11-9-8(19-21(2,17)18)7(10(15)16)12-5(14)3-6(12)20-9/h6,9H,3H2,1-2H3,(H,11,13)(H,15,16)/t6-,9?/m1/s1. The van der Waals surface area contributed by atoms with Crippen LogP contribution >= 0.6 is 11.8 Å². The van der Waals surface area contributed by atoms with E-state index < -0.39 is 50.1 Å². The molecule has 1 fully saturated rings. The number of thioether (sulfide) groups is 1. The summed E-state index contributed by atoms with van der Waals surface area (Å²) in [6, 6.07) is 0. The maximum atomic E-state index is 11.5. The molecule has 116 valence electrons. The molecule has 1 saturated heterocycles. The van der Waals surface area contributed by atoms with Crippen LogP contribution < -0.4 is 5.32 Å². The molecule has 0 spiro atoms. The van der Waals surface area contributed by atoms with E-state index in [1.54, 1.807) is 0 Å². The highest BCUT2D eigenvalue weighted by Crippen LogP contribution is 2.43. The predicted molar refractivity (Wildman–Crippen MR) is 71.0 cm³/mol. The van der Waals surface area contributed by atoms with E-state index in [0.29, 0.717) is 0 Å². The minimum atomic E-state index is -4.02. The van der Waals surface area contributed by atoms with E-state index in [1.165, 1.54) is 6.92 Å². The number of fused-ring (bicyclic) bond motifs is 1. The van der Waals surface area contributed by atoms with E-state index in [-0.39, 0.29) is 6.42 Å². The number of β-lactam (4-membered cyclic amide) rings is 1. The van der Waals surface area contributed by atoms with Crippen molar-refractivity contribution in [1.29, 1.82) is 0 Å². The Morgan fingerprint density at radius 1 is 1.48 bits per heavy atom. The van der Waals surface area contributed by atoms with Crippen molar-refractivity contribution in [3.8, 4) is 0 Å². The van der Waals surface area contributed by atoms with Crippen LogP contribution in [0.3, 0.4) is 0 Å². The molecule has 0 aromatic rings. The first-order chi connectivity index (χ1) is 9.60. The second-order valence-electron chi connectivity index (χ2n) is 4.44. The lowest BCUT2D eigenvalue weighted by Crippen LogP contribution is -2.57. The summed E-state index contributed by atoms with van der Waals surface area (Å²) < 4.78 is 27.3. The smallest absolute Gasteiger partial charge is 0.356 e. The number of aliphatic carboxylic acids is 1. The minimum absolute atomic E-state index is 0.115. The first-order valence-corrected chi connectivity index (χ1v) is 8.47. The Morgan fingerprint density at radius 3 is 2.52 bits per heavy atom. The molecular formula is C10H12N2O7S2. The SMILES string of the molecule is CC(=O)NC1S[C@@H]2CC(=O)N2C(C(=O)O)=C1OS(C)(=O)=O. The molecule has 2 N–H and O–H groups in total. The van der Waals surface area contributed by atoms with Gasteiger partial charge in [-0.3, -0.25) is 14.5 Å². The van der Waals surface area contributed by atoms with Crippen LogP contribution in [0.2, 0.25) is 0 Å². The Kier molecular flexibility index (Phi) is 3.89. The van der Waals surface area contributed by atoms with Crippen molar-refractivity contribution in [3.05, 3.63) is 11.5 Å². The molecule has 0 aliphatic carbocycles. The van der Waals surface area contributed by atoms with Gasteiger partial charge in [0.05, 0.1) is 18.1 Å². The van der Waals surface area contributed by atoms with Gasteiger partial charge in [0, 0.05) is 6.92 Å². The van der Waals surface area contributed by atoms with Gasteiger partial charge in [0.1, 0.15) is 5.37 Å². The zero-order valence-electron chi connectivity index (χ0n) is 11.0. The maximum Gasteiger partial charge on any atom is 0.356 e. The van der Waals surface area contributed by atoms with Gasteiger partial charge in [-0.15, -0.1) is 11.8 Å². The molecule has 0 radical (unpaired) electrons. The number of nitrogens with one attached hydrogen (secondary N) is 1. The van der Waals surface area contributed by atoms with Crippen LogP contribution in [0.4, 0.5) is 0 Å². The fraction of sp³-hybridized carbons (Fsp3) is 0.500. The van der Waals surface area contributed by atoms with E-state index in [9.17, 15) is 27.9 Å². The zero-order valence-corrected chi connectivity index (χ0v) is 12.7. The molecule has 0 aromatic carbocycles. The molecule has 11 heteroatoms. The number of nitrogens with zero attached hydrogens (tertiary/aromatic N) is 1. The van der Waals surface area contributed by atoms with Gasteiger partial charge in [-0.25, -0.2) is 4.79 Å². The van der Waals surface area contributed by atoms with Crippen molar-refractivity contribution in [2.24, 2.45) is 0 Å². The van der Waals surface area contributed by atoms with Crippen molar-refractivity contribution in [1.82, 2.24) is 10.2 Å². The highest BCUT2D eigenvalue weighted by molar-refractivity contribution is 8.00.